The van der Waals surface area contributed by atoms with Crippen molar-refractivity contribution in [1.82, 2.24) is 4.90 Å². The monoisotopic (exact) mass is 344 g/mol. The van der Waals surface area contributed by atoms with Crippen LogP contribution in [0.15, 0.2) is 41.8 Å². The molecule has 0 bridgehead atoms. The van der Waals surface area contributed by atoms with Gasteiger partial charge in [-0.2, -0.15) is 0 Å². The van der Waals surface area contributed by atoms with E-state index in [1.165, 1.54) is 12.1 Å². The van der Waals surface area contributed by atoms with Gasteiger partial charge in [0.25, 0.3) is 0 Å². The predicted molar refractivity (Wildman–Crippen MR) is 82.4 cm³/mol. The van der Waals surface area contributed by atoms with E-state index in [0.29, 0.717) is 12.2 Å². The van der Waals surface area contributed by atoms with Gasteiger partial charge in [-0.1, -0.05) is 6.07 Å². The Balaban J connectivity index is 1.82. The highest BCUT2D eigenvalue weighted by Crippen LogP contribution is 2.23. The van der Waals surface area contributed by atoms with Crippen molar-refractivity contribution in [1.29, 1.82) is 0 Å². The molecule has 0 aliphatic rings. The molecule has 1 amide bonds. The minimum atomic E-state index is -4.73. The highest BCUT2D eigenvalue weighted by molar-refractivity contribution is 7.09. The number of hydrogen-bond acceptors (Lipinski definition) is 4. The number of rotatable bonds is 6. The predicted octanol–water partition coefficient (Wildman–Crippen LogP) is 3.72. The number of hydrogen-bond donors (Lipinski definition) is 1. The third-order valence-electron chi connectivity index (χ3n) is 2.79. The average molecular weight is 344 g/mol. The molecule has 1 N–H and O–H groups in total. The maximum Gasteiger partial charge on any atom is 0.573 e. The lowest BCUT2D eigenvalue weighted by molar-refractivity contribution is -0.274. The highest BCUT2D eigenvalue weighted by Gasteiger charge is 2.30. The average Bonchev–Trinajstić information content (AvgIpc) is 2.91. The molecular formula is C15H15F3N2O2S. The van der Waals surface area contributed by atoms with E-state index >= 15 is 0 Å². The Bertz CT molecular complexity index is 627. The Labute approximate surface area is 135 Å². The van der Waals surface area contributed by atoms with Crippen molar-refractivity contribution in [3.8, 4) is 5.75 Å². The number of benzene rings is 1. The number of ether oxygens (including phenoxy) is 1. The van der Waals surface area contributed by atoms with Gasteiger partial charge >= 0.3 is 6.36 Å². The van der Waals surface area contributed by atoms with Crippen molar-refractivity contribution in [2.45, 2.75) is 12.9 Å². The second-order valence-electron chi connectivity index (χ2n) is 4.87. The highest BCUT2D eigenvalue weighted by atomic mass is 32.1. The number of likely N-dealkylation sites (N-methyl/N-ethyl adjacent to an activating group) is 1. The van der Waals surface area contributed by atoms with E-state index in [2.05, 4.69) is 10.1 Å². The number of nitrogens with one attached hydrogen (secondary N) is 1. The first-order valence-electron chi connectivity index (χ1n) is 6.68. The molecular weight excluding hydrogens is 329 g/mol. The van der Waals surface area contributed by atoms with Crippen molar-refractivity contribution in [2.24, 2.45) is 0 Å². The number of amides is 1. The van der Waals surface area contributed by atoms with Crippen LogP contribution in [-0.2, 0) is 11.3 Å². The van der Waals surface area contributed by atoms with Gasteiger partial charge in [0.2, 0.25) is 5.91 Å². The Kier molecular flexibility index (Phi) is 5.62. The van der Waals surface area contributed by atoms with Crippen molar-refractivity contribution in [2.75, 3.05) is 18.9 Å². The lowest BCUT2D eigenvalue weighted by Gasteiger charge is -2.15. The molecule has 2 aromatic rings. The van der Waals surface area contributed by atoms with Crippen LogP contribution < -0.4 is 10.1 Å². The van der Waals surface area contributed by atoms with E-state index in [1.807, 2.05) is 29.5 Å². The summed E-state index contributed by atoms with van der Waals surface area (Å²) in [6, 6.07) is 8.95. The number of thiophene rings is 1. The summed E-state index contributed by atoms with van der Waals surface area (Å²) in [6.45, 7) is 0.835. The Morgan fingerprint density at radius 2 is 1.96 bits per heavy atom. The fourth-order valence-corrected chi connectivity index (χ4v) is 2.69. The normalized spacial score (nSPS) is 11.5. The first-order chi connectivity index (χ1) is 10.8. The SMILES string of the molecule is CN(CC(=O)Nc1ccc(OC(F)(F)F)cc1)Cc1cccs1. The molecule has 0 aliphatic heterocycles. The largest absolute Gasteiger partial charge is 0.573 e. The molecule has 0 saturated carbocycles. The molecule has 1 aromatic heterocycles. The van der Waals surface area contributed by atoms with Crippen LogP contribution in [-0.4, -0.2) is 30.8 Å². The molecule has 4 nitrogen and oxygen atoms in total. The molecule has 0 unspecified atom stereocenters. The summed E-state index contributed by atoms with van der Waals surface area (Å²) >= 11 is 1.61. The summed E-state index contributed by atoms with van der Waals surface area (Å²) in [7, 11) is 1.82. The second kappa shape index (κ2) is 7.47. The molecule has 2 rings (SSSR count). The van der Waals surface area contributed by atoms with Crippen LogP contribution in [0.5, 0.6) is 5.75 Å². The van der Waals surface area contributed by atoms with Gasteiger partial charge in [0, 0.05) is 17.1 Å². The van der Waals surface area contributed by atoms with Gasteiger partial charge in [-0.3, -0.25) is 9.69 Å². The lowest BCUT2D eigenvalue weighted by Crippen LogP contribution is -2.29. The third-order valence-corrected chi connectivity index (χ3v) is 3.65. The second-order valence-corrected chi connectivity index (χ2v) is 5.90. The topological polar surface area (TPSA) is 41.6 Å². The van der Waals surface area contributed by atoms with E-state index in [0.717, 1.165) is 17.0 Å². The fourth-order valence-electron chi connectivity index (χ4n) is 1.91. The zero-order valence-corrected chi connectivity index (χ0v) is 13.1. The quantitative estimate of drug-likeness (QED) is 0.868. The maximum atomic E-state index is 12.1. The van der Waals surface area contributed by atoms with E-state index < -0.39 is 6.36 Å². The first kappa shape index (κ1) is 17.3. The van der Waals surface area contributed by atoms with Gasteiger partial charge in [-0.15, -0.1) is 24.5 Å². The van der Waals surface area contributed by atoms with Gasteiger partial charge in [0.1, 0.15) is 5.75 Å². The Morgan fingerprint density at radius 1 is 1.26 bits per heavy atom. The number of nitrogens with zero attached hydrogens (tertiary/aromatic N) is 1. The van der Waals surface area contributed by atoms with E-state index in [4.69, 9.17) is 0 Å². The fraction of sp³-hybridized carbons (Fsp3) is 0.267. The summed E-state index contributed by atoms with van der Waals surface area (Å²) in [4.78, 5) is 14.9. The summed E-state index contributed by atoms with van der Waals surface area (Å²) in [5.74, 6) is -0.571. The van der Waals surface area contributed by atoms with Crippen molar-refractivity contribution in [3.05, 3.63) is 46.7 Å². The van der Waals surface area contributed by atoms with Crippen LogP contribution in [0.3, 0.4) is 0 Å². The minimum Gasteiger partial charge on any atom is -0.406 e. The molecule has 8 heteroatoms. The van der Waals surface area contributed by atoms with Crippen LogP contribution in [0, 0.1) is 0 Å². The van der Waals surface area contributed by atoms with Gasteiger partial charge < -0.3 is 10.1 Å². The molecule has 0 aliphatic carbocycles. The summed E-state index contributed by atoms with van der Waals surface area (Å²) < 4.78 is 39.9. The number of carbonyl (C=O) groups excluding carboxylic acids is 1. The van der Waals surface area contributed by atoms with E-state index in [1.54, 1.807) is 11.3 Å². The molecule has 1 aromatic carbocycles. The van der Waals surface area contributed by atoms with Crippen LogP contribution in [0.1, 0.15) is 4.88 Å². The molecule has 0 spiro atoms. The standard InChI is InChI=1S/C15H15F3N2O2S/c1-20(9-13-3-2-8-23-13)10-14(21)19-11-4-6-12(7-5-11)22-15(16,17)18/h2-8H,9-10H2,1H3,(H,19,21). The molecule has 0 radical (unpaired) electrons. The number of alkyl halides is 3. The van der Waals surface area contributed by atoms with Crippen molar-refractivity contribution < 1.29 is 22.7 Å². The smallest absolute Gasteiger partial charge is 0.406 e. The number of carbonyl (C=O) groups is 1. The number of anilines is 1. The summed E-state index contributed by atoms with van der Waals surface area (Å²) in [6.07, 6.45) is -4.73. The lowest BCUT2D eigenvalue weighted by atomic mass is 10.3. The zero-order chi connectivity index (χ0) is 16.9. The molecule has 0 saturated heterocycles. The molecule has 23 heavy (non-hydrogen) atoms. The van der Waals surface area contributed by atoms with Gasteiger partial charge in [0.05, 0.1) is 6.54 Å². The van der Waals surface area contributed by atoms with Gasteiger partial charge in [-0.25, -0.2) is 0 Å². The van der Waals surface area contributed by atoms with Crippen LogP contribution in [0.4, 0.5) is 18.9 Å². The van der Waals surface area contributed by atoms with Crippen LogP contribution in [0.25, 0.3) is 0 Å². The van der Waals surface area contributed by atoms with Gasteiger partial charge in [0.15, 0.2) is 0 Å². The minimum absolute atomic E-state index is 0.179. The third kappa shape index (κ3) is 6.29. The first-order valence-corrected chi connectivity index (χ1v) is 7.56. The summed E-state index contributed by atoms with van der Waals surface area (Å²) in [5.41, 5.74) is 0.411. The maximum absolute atomic E-state index is 12.1. The van der Waals surface area contributed by atoms with Crippen molar-refractivity contribution in [3.63, 3.8) is 0 Å². The van der Waals surface area contributed by atoms with Gasteiger partial charge in [-0.05, 0) is 42.8 Å². The Hall–Kier alpha value is -2.06. The van der Waals surface area contributed by atoms with Crippen LogP contribution >= 0.6 is 11.3 Å². The number of halogens is 3. The molecule has 0 fully saturated rings. The molecule has 124 valence electrons. The zero-order valence-electron chi connectivity index (χ0n) is 12.3. The summed E-state index contributed by atoms with van der Waals surface area (Å²) in [5, 5.41) is 4.59. The van der Waals surface area contributed by atoms with Crippen LogP contribution in [0.2, 0.25) is 0 Å². The molecule has 1 heterocycles. The van der Waals surface area contributed by atoms with Crippen molar-refractivity contribution >= 4 is 22.9 Å². The van der Waals surface area contributed by atoms with E-state index in [-0.39, 0.29) is 18.2 Å². The van der Waals surface area contributed by atoms with E-state index in [9.17, 15) is 18.0 Å². The Morgan fingerprint density at radius 3 is 2.52 bits per heavy atom. The molecule has 0 atom stereocenters.